The summed E-state index contributed by atoms with van der Waals surface area (Å²) in [5.41, 5.74) is 16.3. The van der Waals surface area contributed by atoms with Crippen LogP contribution in [-0.4, -0.2) is 173 Å². The summed E-state index contributed by atoms with van der Waals surface area (Å²) in [7, 11) is 0. The molecule has 1 saturated heterocycles. The number of hydrogen-bond acceptors (Lipinski definition) is 12. The molecular formula is C24H54N6O6. The Morgan fingerprint density at radius 3 is 1.19 bits per heavy atom. The molecule has 0 atom stereocenters. The smallest absolute Gasteiger partial charge is 0.0701 e. The van der Waals surface area contributed by atoms with E-state index in [1.54, 1.807) is 0 Å². The Morgan fingerprint density at radius 1 is 0.417 bits per heavy atom. The van der Waals surface area contributed by atoms with Crippen LogP contribution >= 0.6 is 0 Å². The average molecular weight is 523 g/mol. The Balaban J connectivity index is 2.18. The van der Waals surface area contributed by atoms with Crippen LogP contribution in [0.1, 0.15) is 0 Å². The molecule has 1 aliphatic rings. The topological polar surface area (TPSA) is 143 Å². The van der Waals surface area contributed by atoms with Crippen LogP contribution < -0.4 is 17.2 Å². The van der Waals surface area contributed by atoms with Crippen LogP contribution in [0.25, 0.3) is 0 Å². The van der Waals surface area contributed by atoms with Crippen LogP contribution in [0.15, 0.2) is 0 Å². The minimum absolute atomic E-state index is 0.540. The first-order valence-corrected chi connectivity index (χ1v) is 13.5. The van der Waals surface area contributed by atoms with Crippen LogP contribution in [0, 0.1) is 0 Å². The van der Waals surface area contributed by atoms with Crippen molar-refractivity contribution in [2.45, 2.75) is 0 Å². The minimum atomic E-state index is 0.540. The molecule has 6 N–H and O–H groups in total. The Hall–Kier alpha value is -0.480. The van der Waals surface area contributed by atoms with Crippen LogP contribution in [-0.2, 0) is 28.4 Å². The Kier molecular flexibility index (Phi) is 24.4. The number of nitrogens with zero attached hydrogens (tertiary/aromatic N) is 3. The molecule has 0 unspecified atom stereocenters. The SMILES string of the molecule is NCCOCCOCCN(CCOCCOCCN)CCN1CCN(CCOCCOCCN)CC1. The molecule has 0 aromatic carbocycles. The van der Waals surface area contributed by atoms with Gasteiger partial charge in [-0.15, -0.1) is 0 Å². The lowest BCUT2D eigenvalue weighted by Crippen LogP contribution is -2.49. The number of hydrogen-bond donors (Lipinski definition) is 3. The van der Waals surface area contributed by atoms with Crippen molar-refractivity contribution in [3.8, 4) is 0 Å². The molecule has 216 valence electrons. The average Bonchev–Trinajstić information content (AvgIpc) is 2.90. The Morgan fingerprint density at radius 2 is 0.778 bits per heavy atom. The van der Waals surface area contributed by atoms with Gasteiger partial charge in [-0.3, -0.25) is 14.7 Å². The molecule has 1 aliphatic heterocycles. The van der Waals surface area contributed by atoms with Gasteiger partial charge in [0.1, 0.15) is 0 Å². The molecular weight excluding hydrogens is 468 g/mol. The van der Waals surface area contributed by atoms with E-state index in [0.717, 1.165) is 65.5 Å². The Labute approximate surface area is 218 Å². The quantitative estimate of drug-likeness (QED) is 0.102. The standard InChI is InChI=1S/C24H54N6O6/c25-1-13-31-19-22-34-16-10-29-7-4-28(5-8-29)6-9-30(11-17-35-23-20-32-14-2-26)12-18-36-24-21-33-15-3-27/h1-27H2. The molecule has 1 rings (SSSR count). The maximum Gasteiger partial charge on any atom is 0.0701 e. The van der Waals surface area contributed by atoms with Gasteiger partial charge in [-0.1, -0.05) is 0 Å². The van der Waals surface area contributed by atoms with Gasteiger partial charge in [-0.25, -0.2) is 0 Å². The zero-order valence-corrected chi connectivity index (χ0v) is 22.5. The first-order chi connectivity index (χ1) is 17.8. The first-order valence-electron chi connectivity index (χ1n) is 13.5. The highest BCUT2D eigenvalue weighted by Gasteiger charge is 2.17. The predicted molar refractivity (Wildman–Crippen MR) is 141 cm³/mol. The number of rotatable bonds is 27. The third kappa shape index (κ3) is 20.6. The molecule has 0 aromatic rings. The van der Waals surface area contributed by atoms with Gasteiger partial charge in [0.05, 0.1) is 79.3 Å². The molecule has 36 heavy (non-hydrogen) atoms. The van der Waals surface area contributed by atoms with E-state index in [1.165, 1.54) is 0 Å². The van der Waals surface area contributed by atoms with Crippen LogP contribution in [0.4, 0.5) is 0 Å². The lowest BCUT2D eigenvalue weighted by molar-refractivity contribution is 0.0209. The molecule has 0 aliphatic carbocycles. The fourth-order valence-electron chi connectivity index (χ4n) is 3.65. The van der Waals surface area contributed by atoms with Crippen LogP contribution in [0.3, 0.4) is 0 Å². The first kappa shape index (κ1) is 33.5. The third-order valence-corrected chi connectivity index (χ3v) is 5.76. The second kappa shape index (κ2) is 26.1. The number of piperazine rings is 1. The summed E-state index contributed by atoms with van der Waals surface area (Å²) < 4.78 is 33.2. The summed E-state index contributed by atoms with van der Waals surface area (Å²) in [6, 6.07) is 0. The van der Waals surface area contributed by atoms with Gasteiger partial charge < -0.3 is 45.6 Å². The molecule has 0 radical (unpaired) electrons. The molecule has 0 saturated carbocycles. The second-order valence-electron chi connectivity index (χ2n) is 8.57. The van der Waals surface area contributed by atoms with Gasteiger partial charge in [0.25, 0.3) is 0 Å². The Bertz CT molecular complexity index is 431. The van der Waals surface area contributed by atoms with Crippen molar-refractivity contribution in [3.05, 3.63) is 0 Å². The van der Waals surface area contributed by atoms with Crippen molar-refractivity contribution in [1.29, 1.82) is 0 Å². The molecule has 12 heteroatoms. The van der Waals surface area contributed by atoms with Gasteiger partial charge in [0, 0.05) is 78.5 Å². The summed E-state index contributed by atoms with van der Waals surface area (Å²) in [4.78, 5) is 7.42. The van der Waals surface area contributed by atoms with Crippen molar-refractivity contribution in [1.82, 2.24) is 14.7 Å². The molecule has 0 amide bonds. The highest BCUT2D eigenvalue weighted by molar-refractivity contribution is 4.73. The maximum atomic E-state index is 5.74. The van der Waals surface area contributed by atoms with E-state index in [-0.39, 0.29) is 0 Å². The highest BCUT2D eigenvalue weighted by Crippen LogP contribution is 2.02. The van der Waals surface area contributed by atoms with E-state index in [1.807, 2.05) is 0 Å². The van der Waals surface area contributed by atoms with Gasteiger partial charge >= 0.3 is 0 Å². The molecule has 1 fully saturated rings. The maximum absolute atomic E-state index is 5.74. The normalized spacial score (nSPS) is 15.3. The fourth-order valence-corrected chi connectivity index (χ4v) is 3.65. The third-order valence-electron chi connectivity index (χ3n) is 5.76. The highest BCUT2D eigenvalue weighted by atomic mass is 16.5. The number of nitrogens with two attached hydrogens (primary N) is 3. The fraction of sp³-hybridized carbons (Fsp3) is 1.00. The van der Waals surface area contributed by atoms with Crippen LogP contribution in [0.2, 0.25) is 0 Å². The van der Waals surface area contributed by atoms with Gasteiger partial charge in [-0.2, -0.15) is 0 Å². The summed E-state index contributed by atoms with van der Waals surface area (Å²) >= 11 is 0. The summed E-state index contributed by atoms with van der Waals surface area (Å²) in [6.45, 7) is 18.1. The van der Waals surface area contributed by atoms with E-state index in [0.29, 0.717) is 92.3 Å². The summed E-state index contributed by atoms with van der Waals surface area (Å²) in [5, 5.41) is 0. The second-order valence-corrected chi connectivity index (χ2v) is 8.57. The van der Waals surface area contributed by atoms with Gasteiger partial charge in [-0.05, 0) is 0 Å². The number of ether oxygens (including phenoxy) is 6. The molecule has 12 nitrogen and oxygen atoms in total. The van der Waals surface area contributed by atoms with E-state index in [4.69, 9.17) is 45.6 Å². The van der Waals surface area contributed by atoms with E-state index >= 15 is 0 Å². The van der Waals surface area contributed by atoms with E-state index in [9.17, 15) is 0 Å². The molecule has 0 spiro atoms. The van der Waals surface area contributed by atoms with Crippen molar-refractivity contribution >= 4 is 0 Å². The monoisotopic (exact) mass is 522 g/mol. The largest absolute Gasteiger partial charge is 0.378 e. The zero-order valence-electron chi connectivity index (χ0n) is 22.5. The van der Waals surface area contributed by atoms with Gasteiger partial charge in [0.15, 0.2) is 0 Å². The summed E-state index contributed by atoms with van der Waals surface area (Å²) in [6.07, 6.45) is 0. The molecule has 0 bridgehead atoms. The van der Waals surface area contributed by atoms with Crippen molar-refractivity contribution in [2.75, 3.05) is 158 Å². The minimum Gasteiger partial charge on any atom is -0.378 e. The molecule has 0 aromatic heterocycles. The predicted octanol–water partition coefficient (Wildman–Crippen LogP) is -2.12. The lowest BCUT2D eigenvalue weighted by Gasteiger charge is -2.35. The van der Waals surface area contributed by atoms with Gasteiger partial charge in [0.2, 0.25) is 0 Å². The summed E-state index contributed by atoms with van der Waals surface area (Å²) in [5.74, 6) is 0. The van der Waals surface area contributed by atoms with Crippen molar-refractivity contribution < 1.29 is 28.4 Å². The van der Waals surface area contributed by atoms with Crippen molar-refractivity contribution in [3.63, 3.8) is 0 Å². The van der Waals surface area contributed by atoms with Crippen LogP contribution in [0.5, 0.6) is 0 Å². The lowest BCUT2D eigenvalue weighted by atomic mass is 10.3. The molecule has 1 heterocycles. The van der Waals surface area contributed by atoms with Crippen molar-refractivity contribution in [2.24, 2.45) is 17.2 Å². The zero-order chi connectivity index (χ0) is 25.9. The van der Waals surface area contributed by atoms with E-state index < -0.39 is 0 Å². The van der Waals surface area contributed by atoms with E-state index in [2.05, 4.69) is 14.7 Å².